The van der Waals surface area contributed by atoms with Gasteiger partial charge in [-0.15, -0.1) is 11.3 Å². The number of hydrogen-bond donors (Lipinski definition) is 1. The molecular formula is C10H7BrClN3OS. The molecule has 0 spiro atoms. The molecule has 1 amide bonds. The van der Waals surface area contributed by atoms with Gasteiger partial charge in [0.1, 0.15) is 5.15 Å². The van der Waals surface area contributed by atoms with Crippen LogP contribution in [0.5, 0.6) is 0 Å². The van der Waals surface area contributed by atoms with Crippen LogP contribution in [0, 0.1) is 0 Å². The van der Waals surface area contributed by atoms with Crippen LogP contribution in [0.15, 0.2) is 28.4 Å². The first-order chi connectivity index (χ1) is 8.16. The van der Waals surface area contributed by atoms with Crippen molar-refractivity contribution in [3.63, 3.8) is 0 Å². The molecule has 88 valence electrons. The standard InChI is InChI=1S/C10H7BrClN3OS/c11-6-1-8(9(12)14-2-6)10(16)15-4-7-3-13-5-17-7/h1-3,5H,4H2,(H,15,16). The third-order valence-electron chi connectivity index (χ3n) is 1.96. The van der Waals surface area contributed by atoms with Gasteiger partial charge in [0.15, 0.2) is 0 Å². The molecule has 0 radical (unpaired) electrons. The van der Waals surface area contributed by atoms with Crippen molar-refractivity contribution in [1.82, 2.24) is 15.3 Å². The van der Waals surface area contributed by atoms with E-state index in [0.717, 1.165) is 4.88 Å². The molecule has 17 heavy (non-hydrogen) atoms. The highest BCUT2D eigenvalue weighted by atomic mass is 79.9. The Morgan fingerprint density at radius 3 is 3.06 bits per heavy atom. The van der Waals surface area contributed by atoms with Crippen molar-refractivity contribution in [1.29, 1.82) is 0 Å². The maximum Gasteiger partial charge on any atom is 0.254 e. The van der Waals surface area contributed by atoms with Gasteiger partial charge in [-0.25, -0.2) is 4.98 Å². The fraction of sp³-hybridized carbons (Fsp3) is 0.100. The van der Waals surface area contributed by atoms with Crippen molar-refractivity contribution in [2.24, 2.45) is 0 Å². The normalized spacial score (nSPS) is 10.2. The smallest absolute Gasteiger partial charge is 0.254 e. The number of carbonyl (C=O) groups is 1. The number of thiazole rings is 1. The van der Waals surface area contributed by atoms with Crippen molar-refractivity contribution in [3.8, 4) is 0 Å². The third-order valence-corrected chi connectivity index (χ3v) is 3.47. The predicted molar refractivity (Wildman–Crippen MR) is 70.2 cm³/mol. The largest absolute Gasteiger partial charge is 0.347 e. The Bertz CT molecular complexity index is 532. The number of nitrogens with zero attached hydrogens (tertiary/aromatic N) is 2. The van der Waals surface area contributed by atoms with E-state index in [-0.39, 0.29) is 11.1 Å². The van der Waals surface area contributed by atoms with E-state index in [1.54, 1.807) is 24.0 Å². The van der Waals surface area contributed by atoms with E-state index in [4.69, 9.17) is 11.6 Å². The Morgan fingerprint density at radius 1 is 1.53 bits per heavy atom. The summed E-state index contributed by atoms with van der Waals surface area (Å²) in [5.41, 5.74) is 2.07. The summed E-state index contributed by atoms with van der Waals surface area (Å²) in [5.74, 6) is -0.253. The number of nitrogens with one attached hydrogen (secondary N) is 1. The summed E-state index contributed by atoms with van der Waals surface area (Å²) < 4.78 is 0.713. The van der Waals surface area contributed by atoms with Crippen LogP contribution in [-0.4, -0.2) is 15.9 Å². The van der Waals surface area contributed by atoms with Crippen molar-refractivity contribution >= 4 is 44.8 Å². The van der Waals surface area contributed by atoms with Gasteiger partial charge in [-0.05, 0) is 22.0 Å². The van der Waals surface area contributed by atoms with Gasteiger partial charge in [0.25, 0.3) is 5.91 Å². The molecule has 0 fully saturated rings. The van der Waals surface area contributed by atoms with Gasteiger partial charge >= 0.3 is 0 Å². The number of pyridine rings is 1. The van der Waals surface area contributed by atoms with Crippen LogP contribution in [0.2, 0.25) is 5.15 Å². The Kier molecular flexibility index (Phi) is 4.09. The van der Waals surface area contributed by atoms with Crippen LogP contribution in [-0.2, 0) is 6.54 Å². The van der Waals surface area contributed by atoms with Crippen LogP contribution in [0.4, 0.5) is 0 Å². The molecule has 2 rings (SSSR count). The molecule has 0 bridgehead atoms. The van der Waals surface area contributed by atoms with Crippen molar-refractivity contribution < 1.29 is 4.79 Å². The first-order valence-corrected chi connectivity index (χ1v) is 6.68. The van der Waals surface area contributed by atoms with E-state index in [0.29, 0.717) is 16.6 Å². The monoisotopic (exact) mass is 331 g/mol. The van der Waals surface area contributed by atoms with E-state index in [9.17, 15) is 4.79 Å². The molecule has 0 unspecified atom stereocenters. The Morgan fingerprint density at radius 2 is 2.35 bits per heavy atom. The average Bonchev–Trinajstić information content (AvgIpc) is 2.82. The number of rotatable bonds is 3. The predicted octanol–water partition coefficient (Wildman–Crippen LogP) is 2.88. The highest BCUT2D eigenvalue weighted by Crippen LogP contribution is 2.18. The first-order valence-electron chi connectivity index (χ1n) is 4.63. The van der Waals surface area contributed by atoms with E-state index in [1.165, 1.54) is 11.3 Å². The Hall–Kier alpha value is -0.980. The van der Waals surface area contributed by atoms with Crippen LogP contribution in [0.1, 0.15) is 15.2 Å². The molecule has 4 nitrogen and oxygen atoms in total. The van der Waals surface area contributed by atoms with Gasteiger partial charge in [-0.2, -0.15) is 0 Å². The summed E-state index contributed by atoms with van der Waals surface area (Å²) in [6, 6.07) is 1.64. The fourth-order valence-corrected chi connectivity index (χ4v) is 2.23. The van der Waals surface area contributed by atoms with E-state index >= 15 is 0 Å². The SMILES string of the molecule is O=C(NCc1cncs1)c1cc(Br)cnc1Cl. The molecular weight excluding hydrogens is 326 g/mol. The summed E-state index contributed by atoms with van der Waals surface area (Å²) in [6.07, 6.45) is 3.26. The molecule has 0 aliphatic heterocycles. The number of aromatic nitrogens is 2. The molecule has 0 aliphatic carbocycles. The average molecular weight is 333 g/mol. The molecule has 0 atom stereocenters. The molecule has 0 aromatic carbocycles. The minimum atomic E-state index is -0.253. The van der Waals surface area contributed by atoms with Crippen molar-refractivity contribution in [2.45, 2.75) is 6.54 Å². The van der Waals surface area contributed by atoms with Crippen molar-refractivity contribution in [2.75, 3.05) is 0 Å². The summed E-state index contributed by atoms with van der Waals surface area (Å²) in [7, 11) is 0. The lowest BCUT2D eigenvalue weighted by Crippen LogP contribution is -2.22. The molecule has 2 aromatic heterocycles. The molecule has 2 heterocycles. The second kappa shape index (κ2) is 5.57. The zero-order chi connectivity index (χ0) is 12.3. The maximum atomic E-state index is 11.8. The van der Waals surface area contributed by atoms with E-state index < -0.39 is 0 Å². The van der Waals surface area contributed by atoms with E-state index in [1.807, 2.05) is 0 Å². The number of amides is 1. The summed E-state index contributed by atoms with van der Waals surface area (Å²) >= 11 is 10.6. The topological polar surface area (TPSA) is 54.9 Å². The lowest BCUT2D eigenvalue weighted by Gasteiger charge is -2.05. The first kappa shape index (κ1) is 12.5. The molecule has 1 N–H and O–H groups in total. The zero-order valence-electron chi connectivity index (χ0n) is 8.48. The minimum absolute atomic E-state index is 0.190. The number of halogens is 2. The highest BCUT2D eigenvalue weighted by molar-refractivity contribution is 9.10. The third kappa shape index (κ3) is 3.24. The van der Waals surface area contributed by atoms with Crippen LogP contribution < -0.4 is 5.32 Å². The van der Waals surface area contributed by atoms with Gasteiger partial charge in [0.2, 0.25) is 0 Å². The van der Waals surface area contributed by atoms with Crippen LogP contribution >= 0.6 is 38.9 Å². The van der Waals surface area contributed by atoms with Crippen LogP contribution in [0.25, 0.3) is 0 Å². The lowest BCUT2D eigenvalue weighted by atomic mass is 10.2. The summed E-state index contributed by atoms with van der Waals surface area (Å²) in [4.78, 5) is 20.6. The molecule has 7 heteroatoms. The summed E-state index contributed by atoms with van der Waals surface area (Å²) in [5, 5.41) is 2.95. The van der Waals surface area contributed by atoms with Gasteiger partial charge < -0.3 is 5.32 Å². The van der Waals surface area contributed by atoms with Gasteiger partial charge in [0.05, 0.1) is 17.6 Å². The second-order valence-corrected chi connectivity index (χ2v) is 5.39. The maximum absolute atomic E-state index is 11.8. The van der Waals surface area contributed by atoms with Gasteiger partial charge in [0, 0.05) is 21.7 Å². The number of carbonyl (C=O) groups excluding carboxylic acids is 1. The molecule has 0 saturated heterocycles. The quantitative estimate of drug-likeness (QED) is 0.879. The van der Waals surface area contributed by atoms with Crippen molar-refractivity contribution in [3.05, 3.63) is 44.0 Å². The molecule has 0 saturated carbocycles. The second-order valence-electron chi connectivity index (χ2n) is 3.14. The Balaban J connectivity index is 2.07. The number of hydrogen-bond acceptors (Lipinski definition) is 4. The Labute approximate surface area is 115 Å². The fourth-order valence-electron chi connectivity index (χ4n) is 1.17. The molecule has 0 aliphatic rings. The lowest BCUT2D eigenvalue weighted by molar-refractivity contribution is 0.0951. The van der Waals surface area contributed by atoms with Gasteiger partial charge in [-0.3, -0.25) is 9.78 Å². The zero-order valence-corrected chi connectivity index (χ0v) is 11.6. The molecule has 2 aromatic rings. The highest BCUT2D eigenvalue weighted by Gasteiger charge is 2.11. The van der Waals surface area contributed by atoms with E-state index in [2.05, 4.69) is 31.2 Å². The summed E-state index contributed by atoms with van der Waals surface area (Å²) in [6.45, 7) is 0.437. The van der Waals surface area contributed by atoms with Gasteiger partial charge in [-0.1, -0.05) is 11.6 Å². The minimum Gasteiger partial charge on any atom is -0.347 e. The van der Waals surface area contributed by atoms with Crippen LogP contribution in [0.3, 0.4) is 0 Å².